The number of hydrogen-bond donors (Lipinski definition) is 2. The van der Waals surface area contributed by atoms with Crippen LogP contribution in [0.4, 0.5) is 4.39 Å². The van der Waals surface area contributed by atoms with Crippen molar-refractivity contribution in [1.82, 2.24) is 10.3 Å². The summed E-state index contributed by atoms with van der Waals surface area (Å²) in [6, 6.07) is 8.61. The number of carbonyl (C=O) groups excluding carboxylic acids is 1. The van der Waals surface area contributed by atoms with Gasteiger partial charge in [-0.25, -0.2) is 4.39 Å². The van der Waals surface area contributed by atoms with Gasteiger partial charge in [-0.3, -0.25) is 9.78 Å². The average Bonchev–Trinajstić information content (AvgIpc) is 2.37. The van der Waals surface area contributed by atoms with Crippen molar-refractivity contribution in [3.8, 4) is 5.75 Å². The molecular formula is C13H11FN2O2. The molecule has 0 bridgehead atoms. The molecule has 1 aromatic heterocycles. The van der Waals surface area contributed by atoms with Gasteiger partial charge in [0.15, 0.2) is 0 Å². The van der Waals surface area contributed by atoms with Crippen molar-refractivity contribution in [3.63, 3.8) is 0 Å². The Balaban J connectivity index is 2.04. The first-order valence-electron chi connectivity index (χ1n) is 5.33. The molecule has 4 nitrogen and oxygen atoms in total. The minimum absolute atomic E-state index is 0.0346. The van der Waals surface area contributed by atoms with Crippen LogP contribution >= 0.6 is 0 Å². The lowest BCUT2D eigenvalue weighted by molar-refractivity contribution is 0.0947. The summed E-state index contributed by atoms with van der Waals surface area (Å²) in [7, 11) is 0. The zero-order chi connectivity index (χ0) is 13.0. The zero-order valence-electron chi connectivity index (χ0n) is 9.43. The number of aromatic nitrogens is 1. The first-order valence-corrected chi connectivity index (χ1v) is 5.33. The lowest BCUT2D eigenvalue weighted by Crippen LogP contribution is -2.23. The Morgan fingerprint density at radius 3 is 2.83 bits per heavy atom. The summed E-state index contributed by atoms with van der Waals surface area (Å²) >= 11 is 0. The summed E-state index contributed by atoms with van der Waals surface area (Å²) in [4.78, 5) is 15.8. The second-order valence-corrected chi connectivity index (χ2v) is 3.67. The molecule has 0 unspecified atom stereocenters. The van der Waals surface area contributed by atoms with E-state index >= 15 is 0 Å². The molecule has 1 heterocycles. The van der Waals surface area contributed by atoms with E-state index in [1.807, 2.05) is 6.07 Å². The van der Waals surface area contributed by atoms with Gasteiger partial charge in [0.05, 0.1) is 17.8 Å². The van der Waals surface area contributed by atoms with Crippen molar-refractivity contribution in [1.29, 1.82) is 0 Å². The third-order valence-corrected chi connectivity index (χ3v) is 2.36. The Labute approximate surface area is 103 Å². The number of phenols is 1. The molecule has 1 aromatic carbocycles. The van der Waals surface area contributed by atoms with Crippen LogP contribution in [0.25, 0.3) is 0 Å². The van der Waals surface area contributed by atoms with Crippen molar-refractivity contribution in [2.75, 3.05) is 0 Å². The van der Waals surface area contributed by atoms with E-state index in [2.05, 4.69) is 10.3 Å². The quantitative estimate of drug-likeness (QED) is 0.868. The van der Waals surface area contributed by atoms with Crippen LogP contribution in [0.1, 0.15) is 16.1 Å². The smallest absolute Gasteiger partial charge is 0.255 e. The monoisotopic (exact) mass is 246 g/mol. The van der Waals surface area contributed by atoms with E-state index in [0.717, 1.165) is 12.1 Å². The number of aromatic hydroxyl groups is 1. The summed E-state index contributed by atoms with van der Waals surface area (Å²) in [5, 5.41) is 12.0. The van der Waals surface area contributed by atoms with Crippen LogP contribution in [-0.4, -0.2) is 16.0 Å². The van der Waals surface area contributed by atoms with E-state index < -0.39 is 11.7 Å². The number of pyridine rings is 1. The molecule has 0 saturated carbocycles. The Bertz CT molecular complexity index is 558. The van der Waals surface area contributed by atoms with Crippen molar-refractivity contribution < 1.29 is 14.3 Å². The number of phenolic OH excluding ortho intramolecular Hbond substituents is 1. The number of nitrogens with zero attached hydrogens (tertiary/aromatic N) is 1. The Kier molecular flexibility index (Phi) is 3.52. The molecule has 0 saturated heterocycles. The highest BCUT2D eigenvalue weighted by Crippen LogP contribution is 2.17. The molecule has 0 radical (unpaired) electrons. The van der Waals surface area contributed by atoms with E-state index in [9.17, 15) is 14.3 Å². The summed E-state index contributed by atoms with van der Waals surface area (Å²) < 4.78 is 12.8. The SMILES string of the molecule is O=C(NCc1ccccn1)c1ccc(F)cc1O. The topological polar surface area (TPSA) is 62.2 Å². The standard InChI is InChI=1S/C13H11FN2O2/c14-9-4-5-11(12(17)7-9)13(18)16-8-10-3-1-2-6-15-10/h1-7,17H,8H2,(H,16,18). The molecular weight excluding hydrogens is 235 g/mol. The molecule has 0 atom stereocenters. The number of halogens is 1. The van der Waals surface area contributed by atoms with E-state index in [1.54, 1.807) is 18.3 Å². The Morgan fingerprint density at radius 2 is 2.17 bits per heavy atom. The average molecular weight is 246 g/mol. The van der Waals surface area contributed by atoms with Crippen LogP contribution in [-0.2, 0) is 6.54 Å². The van der Waals surface area contributed by atoms with E-state index in [-0.39, 0.29) is 17.9 Å². The van der Waals surface area contributed by atoms with Crippen molar-refractivity contribution in [2.24, 2.45) is 0 Å². The van der Waals surface area contributed by atoms with E-state index in [4.69, 9.17) is 0 Å². The molecule has 2 rings (SSSR count). The van der Waals surface area contributed by atoms with Gasteiger partial charge >= 0.3 is 0 Å². The van der Waals surface area contributed by atoms with Gasteiger partial charge in [-0.2, -0.15) is 0 Å². The Hall–Kier alpha value is -2.43. The summed E-state index contributed by atoms with van der Waals surface area (Å²) in [6.07, 6.45) is 1.62. The highest BCUT2D eigenvalue weighted by Gasteiger charge is 2.11. The summed E-state index contributed by atoms with van der Waals surface area (Å²) in [6.45, 7) is 0.247. The van der Waals surface area contributed by atoms with Crippen molar-refractivity contribution >= 4 is 5.91 Å². The molecule has 0 aliphatic carbocycles. The van der Waals surface area contributed by atoms with Crippen LogP contribution < -0.4 is 5.32 Å². The largest absolute Gasteiger partial charge is 0.507 e. The van der Waals surface area contributed by atoms with Gasteiger partial charge in [-0.05, 0) is 24.3 Å². The minimum Gasteiger partial charge on any atom is -0.507 e. The number of rotatable bonds is 3. The number of nitrogens with one attached hydrogen (secondary N) is 1. The van der Waals surface area contributed by atoms with Gasteiger partial charge in [-0.1, -0.05) is 6.07 Å². The van der Waals surface area contributed by atoms with Crippen molar-refractivity contribution in [2.45, 2.75) is 6.54 Å². The van der Waals surface area contributed by atoms with Crippen molar-refractivity contribution in [3.05, 3.63) is 59.7 Å². The van der Waals surface area contributed by atoms with Gasteiger partial charge < -0.3 is 10.4 Å². The fourth-order valence-corrected chi connectivity index (χ4v) is 1.47. The lowest BCUT2D eigenvalue weighted by Gasteiger charge is -2.06. The first kappa shape index (κ1) is 12.0. The number of benzene rings is 1. The normalized spacial score (nSPS) is 10.1. The van der Waals surface area contributed by atoms with Crippen LogP contribution in [0, 0.1) is 5.82 Å². The molecule has 0 aliphatic heterocycles. The van der Waals surface area contributed by atoms with Crippen LogP contribution in [0.3, 0.4) is 0 Å². The van der Waals surface area contributed by atoms with Crippen LogP contribution in [0.15, 0.2) is 42.6 Å². The molecule has 5 heteroatoms. The number of carbonyl (C=O) groups is 1. The predicted octanol–water partition coefficient (Wildman–Crippen LogP) is 1.86. The van der Waals surface area contributed by atoms with E-state index in [0.29, 0.717) is 5.69 Å². The molecule has 0 fully saturated rings. The third-order valence-electron chi connectivity index (χ3n) is 2.36. The van der Waals surface area contributed by atoms with E-state index in [1.165, 1.54) is 6.07 Å². The molecule has 18 heavy (non-hydrogen) atoms. The fraction of sp³-hybridized carbons (Fsp3) is 0.0769. The van der Waals surface area contributed by atoms with Crippen LogP contribution in [0.5, 0.6) is 5.75 Å². The second-order valence-electron chi connectivity index (χ2n) is 3.67. The Morgan fingerprint density at radius 1 is 1.33 bits per heavy atom. The van der Waals surface area contributed by atoms with Gasteiger partial charge in [0.1, 0.15) is 11.6 Å². The minimum atomic E-state index is -0.589. The fourth-order valence-electron chi connectivity index (χ4n) is 1.47. The van der Waals surface area contributed by atoms with Gasteiger partial charge in [-0.15, -0.1) is 0 Å². The molecule has 2 N–H and O–H groups in total. The number of amides is 1. The third kappa shape index (κ3) is 2.82. The maximum atomic E-state index is 12.8. The lowest BCUT2D eigenvalue weighted by atomic mass is 10.2. The second kappa shape index (κ2) is 5.27. The van der Waals surface area contributed by atoms with Crippen LogP contribution in [0.2, 0.25) is 0 Å². The summed E-state index contributed by atoms with van der Waals surface area (Å²) in [5.41, 5.74) is 0.736. The first-order chi connectivity index (χ1) is 8.66. The van der Waals surface area contributed by atoms with Gasteiger partial charge in [0.2, 0.25) is 0 Å². The van der Waals surface area contributed by atoms with Gasteiger partial charge in [0.25, 0.3) is 5.91 Å². The maximum absolute atomic E-state index is 12.8. The molecule has 0 spiro atoms. The maximum Gasteiger partial charge on any atom is 0.255 e. The predicted molar refractivity (Wildman–Crippen MR) is 63.5 cm³/mol. The molecule has 2 aromatic rings. The molecule has 1 amide bonds. The number of hydrogen-bond acceptors (Lipinski definition) is 3. The zero-order valence-corrected chi connectivity index (χ0v) is 9.43. The van der Waals surface area contributed by atoms with Gasteiger partial charge in [0, 0.05) is 12.3 Å². The molecule has 0 aliphatic rings. The highest BCUT2D eigenvalue weighted by atomic mass is 19.1. The highest BCUT2D eigenvalue weighted by molar-refractivity contribution is 5.96. The summed E-state index contributed by atoms with van der Waals surface area (Å²) in [5.74, 6) is -1.44. The molecule has 92 valence electrons.